The van der Waals surface area contributed by atoms with Crippen molar-refractivity contribution in [1.82, 2.24) is 9.47 Å². The quantitative estimate of drug-likeness (QED) is 0.589. The molecule has 0 spiro atoms. The van der Waals surface area contributed by atoms with Crippen LogP contribution in [0.3, 0.4) is 0 Å². The average molecular weight is 431 g/mol. The monoisotopic (exact) mass is 431 g/mol. The van der Waals surface area contributed by atoms with Gasteiger partial charge in [-0.1, -0.05) is 6.07 Å². The molecule has 1 saturated heterocycles. The molecule has 158 valence electrons. The smallest absolute Gasteiger partial charge is 0.254 e. The number of hydrogen-bond donors (Lipinski definition) is 3. The van der Waals surface area contributed by atoms with Crippen LogP contribution in [0.4, 0.5) is 4.39 Å². The fourth-order valence-corrected chi connectivity index (χ4v) is 4.95. The van der Waals surface area contributed by atoms with Crippen molar-refractivity contribution in [3.63, 3.8) is 0 Å². The highest BCUT2D eigenvalue weighted by Crippen LogP contribution is 2.40. The summed E-state index contributed by atoms with van der Waals surface area (Å²) >= 11 is 0. The van der Waals surface area contributed by atoms with Gasteiger partial charge in [-0.15, -0.1) is 0 Å². The zero-order chi connectivity index (χ0) is 21.5. The number of carbonyl (C=O) groups excluding carboxylic acids is 1. The molecule has 0 unspecified atom stereocenters. The summed E-state index contributed by atoms with van der Waals surface area (Å²) in [5.74, 6) is -0.544. The predicted molar refractivity (Wildman–Crippen MR) is 116 cm³/mol. The molecule has 1 amide bonds. The molecule has 1 aliphatic heterocycles. The summed E-state index contributed by atoms with van der Waals surface area (Å²) in [5, 5.41) is 0.342. The molecule has 2 heterocycles. The number of nitrogens with two attached hydrogens (primary N) is 1. The van der Waals surface area contributed by atoms with E-state index in [1.807, 2.05) is 6.07 Å². The van der Waals surface area contributed by atoms with E-state index >= 15 is 0 Å². The Kier molecular flexibility index (Phi) is 5.37. The van der Waals surface area contributed by atoms with Gasteiger partial charge in [-0.25, -0.2) is 4.39 Å². The molecule has 0 atom stereocenters. The van der Waals surface area contributed by atoms with Gasteiger partial charge in [0.25, 0.3) is 5.91 Å². The second kappa shape index (κ2) is 7.84. The molecular weight excluding hydrogens is 409 g/mol. The Hall–Kier alpha value is -2.72. The van der Waals surface area contributed by atoms with Gasteiger partial charge in [0.05, 0.1) is 17.0 Å². The maximum absolute atomic E-state index is 13.3. The number of primary amides is 1. The standard InChI is InChI=1S/C21H22FN3O4S/c22-15-2-4-16(5-3-15)25-13-18(21(23)27)20(26)17-11-14(1-6-19(17)25)12-24-7-9-30(28,29)10-8-24/h1-6,11,13,28-29H,7-10,12H2,(H2,23,27). The van der Waals surface area contributed by atoms with Crippen molar-refractivity contribution in [2.45, 2.75) is 6.54 Å². The van der Waals surface area contributed by atoms with Crippen LogP contribution in [0.25, 0.3) is 16.6 Å². The first-order chi connectivity index (χ1) is 14.2. The maximum Gasteiger partial charge on any atom is 0.254 e. The van der Waals surface area contributed by atoms with Crippen LogP contribution >= 0.6 is 10.6 Å². The van der Waals surface area contributed by atoms with Gasteiger partial charge in [0, 0.05) is 36.9 Å². The van der Waals surface area contributed by atoms with Crippen molar-refractivity contribution >= 4 is 27.4 Å². The lowest BCUT2D eigenvalue weighted by Crippen LogP contribution is -2.37. The van der Waals surface area contributed by atoms with Crippen molar-refractivity contribution in [3.05, 3.63) is 75.8 Å². The number of amides is 1. The van der Waals surface area contributed by atoms with Crippen LogP contribution in [0, 0.1) is 5.82 Å². The van der Waals surface area contributed by atoms with Crippen LogP contribution in [0.2, 0.25) is 0 Å². The van der Waals surface area contributed by atoms with Gasteiger partial charge < -0.3 is 10.3 Å². The average Bonchev–Trinajstić information content (AvgIpc) is 2.71. The number of pyridine rings is 1. The number of fused-ring (bicyclic) bond motifs is 1. The largest absolute Gasteiger partial charge is 0.365 e. The second-order valence-electron chi connectivity index (χ2n) is 7.42. The summed E-state index contributed by atoms with van der Waals surface area (Å²) in [6, 6.07) is 11.1. The van der Waals surface area contributed by atoms with Gasteiger partial charge >= 0.3 is 0 Å². The summed E-state index contributed by atoms with van der Waals surface area (Å²) < 4.78 is 34.5. The molecule has 0 aliphatic carbocycles. The van der Waals surface area contributed by atoms with Gasteiger partial charge in [-0.2, -0.15) is 10.6 Å². The summed E-state index contributed by atoms with van der Waals surface area (Å²) in [6.07, 6.45) is 1.38. The molecule has 4 rings (SSSR count). The third-order valence-electron chi connectivity index (χ3n) is 5.31. The molecule has 9 heteroatoms. The number of benzene rings is 2. The van der Waals surface area contributed by atoms with Crippen molar-refractivity contribution in [2.24, 2.45) is 5.73 Å². The molecule has 1 fully saturated rings. The van der Waals surface area contributed by atoms with E-state index in [4.69, 9.17) is 5.73 Å². The van der Waals surface area contributed by atoms with E-state index in [1.54, 1.807) is 28.8 Å². The Labute approximate surface area is 173 Å². The fraction of sp³-hybridized carbons (Fsp3) is 0.238. The molecule has 3 aromatic rings. The molecule has 0 saturated carbocycles. The highest BCUT2D eigenvalue weighted by Gasteiger charge is 2.22. The minimum Gasteiger partial charge on any atom is -0.365 e. The molecular formula is C21H22FN3O4S. The third kappa shape index (κ3) is 4.10. The normalized spacial score (nSPS) is 17.7. The summed E-state index contributed by atoms with van der Waals surface area (Å²) in [6.45, 7) is 1.66. The lowest BCUT2D eigenvalue weighted by molar-refractivity contribution is 0.0999. The SMILES string of the molecule is NC(=O)c1cn(-c2ccc(F)cc2)c2ccc(CN3CCS(O)(O)CC3)cc2c1=O. The van der Waals surface area contributed by atoms with E-state index in [1.165, 1.54) is 18.3 Å². The van der Waals surface area contributed by atoms with E-state index in [-0.39, 0.29) is 11.4 Å². The number of hydrogen-bond acceptors (Lipinski definition) is 5. The van der Waals surface area contributed by atoms with E-state index in [0.717, 1.165) is 5.56 Å². The molecule has 1 aliphatic rings. The molecule has 4 N–H and O–H groups in total. The maximum atomic E-state index is 13.3. The van der Waals surface area contributed by atoms with Gasteiger partial charge in [0.15, 0.2) is 0 Å². The Bertz CT molecular complexity index is 1170. The second-order valence-corrected chi connectivity index (χ2v) is 9.84. The van der Waals surface area contributed by atoms with Gasteiger partial charge in [0.1, 0.15) is 11.4 Å². The topological polar surface area (TPSA) is 109 Å². The molecule has 30 heavy (non-hydrogen) atoms. The van der Waals surface area contributed by atoms with Crippen LogP contribution in [0.5, 0.6) is 0 Å². The Morgan fingerprint density at radius 1 is 1.10 bits per heavy atom. The van der Waals surface area contributed by atoms with Crippen molar-refractivity contribution in [1.29, 1.82) is 0 Å². The number of aromatic nitrogens is 1. The zero-order valence-corrected chi connectivity index (χ0v) is 16.9. The summed E-state index contributed by atoms with van der Waals surface area (Å²) in [4.78, 5) is 26.8. The lowest BCUT2D eigenvalue weighted by Gasteiger charge is -2.41. The highest BCUT2D eigenvalue weighted by molar-refractivity contribution is 8.24. The van der Waals surface area contributed by atoms with Crippen LogP contribution in [-0.4, -0.2) is 49.1 Å². The van der Waals surface area contributed by atoms with E-state index in [0.29, 0.717) is 47.7 Å². The van der Waals surface area contributed by atoms with E-state index in [2.05, 4.69) is 4.90 Å². The minimum atomic E-state index is -2.48. The third-order valence-corrected chi connectivity index (χ3v) is 6.99. The van der Waals surface area contributed by atoms with Crippen LogP contribution in [0.15, 0.2) is 53.5 Å². The van der Waals surface area contributed by atoms with Crippen molar-refractivity contribution in [2.75, 3.05) is 24.6 Å². The number of nitrogens with zero attached hydrogens (tertiary/aromatic N) is 2. The van der Waals surface area contributed by atoms with Crippen LogP contribution in [0.1, 0.15) is 15.9 Å². The van der Waals surface area contributed by atoms with Gasteiger partial charge in [0.2, 0.25) is 5.43 Å². The van der Waals surface area contributed by atoms with Crippen molar-refractivity contribution < 1.29 is 18.3 Å². The van der Waals surface area contributed by atoms with E-state index in [9.17, 15) is 23.1 Å². The minimum absolute atomic E-state index is 0.143. The fourth-order valence-electron chi connectivity index (χ4n) is 3.65. The predicted octanol–water partition coefficient (Wildman–Crippen LogP) is 2.79. The van der Waals surface area contributed by atoms with Gasteiger partial charge in [-0.05, 0) is 42.0 Å². The summed E-state index contributed by atoms with van der Waals surface area (Å²) in [7, 11) is -2.48. The zero-order valence-electron chi connectivity index (χ0n) is 16.1. The first kappa shape index (κ1) is 20.5. The number of rotatable bonds is 4. The molecule has 7 nitrogen and oxygen atoms in total. The Morgan fingerprint density at radius 3 is 2.40 bits per heavy atom. The Balaban J connectivity index is 1.77. The molecule has 0 bridgehead atoms. The number of carbonyl (C=O) groups is 1. The first-order valence-electron chi connectivity index (χ1n) is 9.43. The highest BCUT2D eigenvalue weighted by atomic mass is 32.3. The molecule has 1 aromatic heterocycles. The van der Waals surface area contributed by atoms with Gasteiger partial charge in [-0.3, -0.25) is 23.6 Å². The van der Waals surface area contributed by atoms with Crippen LogP contribution in [-0.2, 0) is 6.54 Å². The molecule has 2 aromatic carbocycles. The molecule has 0 radical (unpaired) electrons. The van der Waals surface area contributed by atoms with E-state index < -0.39 is 21.9 Å². The van der Waals surface area contributed by atoms with Crippen LogP contribution < -0.4 is 11.2 Å². The number of halogens is 1. The van der Waals surface area contributed by atoms with Crippen molar-refractivity contribution in [3.8, 4) is 5.69 Å². The first-order valence-corrected chi connectivity index (χ1v) is 11.3. The Morgan fingerprint density at radius 2 is 1.77 bits per heavy atom. The lowest BCUT2D eigenvalue weighted by atomic mass is 10.1. The summed E-state index contributed by atoms with van der Waals surface area (Å²) in [5.41, 5.74) is 6.87.